The standard InChI is InChI=1S/C28H34N4O2/c1-32(18-26-24-6-2-3-7-25(24)30-31-26)28(34)21-11-8-19(9-12-21)15-20-10-13-22(16-20)27(33)23-5-4-14-29-17-23/h4-5,8-9,11-12,14,17,20,22,27,33H,2-3,6-7,10,13,15-16,18H2,1H3,(H,30,31)/t20-,22-,27-/m0/s1. The SMILES string of the molecule is CN(Cc1n[nH]c2c1CCCC2)C(=O)c1ccc(C[C@@H]2CC[C@H]([C@H](O)c3cccnc3)C2)cc1. The monoisotopic (exact) mass is 458 g/mol. The molecule has 0 bridgehead atoms. The van der Waals surface area contributed by atoms with E-state index in [1.807, 2.05) is 31.3 Å². The lowest BCUT2D eigenvalue weighted by Gasteiger charge is -2.19. The quantitative estimate of drug-likeness (QED) is 0.540. The topological polar surface area (TPSA) is 82.1 Å². The van der Waals surface area contributed by atoms with Crippen molar-refractivity contribution in [2.75, 3.05) is 7.05 Å². The second kappa shape index (κ2) is 10.1. The fraction of sp³-hybridized carbons (Fsp3) is 0.464. The van der Waals surface area contributed by atoms with Crippen molar-refractivity contribution in [3.63, 3.8) is 0 Å². The molecule has 0 saturated heterocycles. The van der Waals surface area contributed by atoms with E-state index in [-0.39, 0.29) is 11.8 Å². The third kappa shape index (κ3) is 4.92. The highest BCUT2D eigenvalue weighted by atomic mass is 16.3. The van der Waals surface area contributed by atoms with Crippen LogP contribution < -0.4 is 0 Å². The predicted octanol–water partition coefficient (Wildman–Crippen LogP) is 4.65. The highest BCUT2D eigenvalue weighted by Gasteiger charge is 2.31. The number of benzene rings is 1. The Kier molecular flexibility index (Phi) is 6.77. The minimum atomic E-state index is -0.436. The average Bonchev–Trinajstić information content (AvgIpc) is 3.51. The van der Waals surface area contributed by atoms with Crippen LogP contribution >= 0.6 is 0 Å². The number of carbonyl (C=O) groups excluding carboxylic acids is 1. The summed E-state index contributed by atoms with van der Waals surface area (Å²) in [5.74, 6) is 0.877. The van der Waals surface area contributed by atoms with Gasteiger partial charge in [-0.1, -0.05) is 18.2 Å². The average molecular weight is 459 g/mol. The molecule has 6 heteroatoms. The molecule has 0 aliphatic heterocycles. The minimum absolute atomic E-state index is 0.0274. The zero-order valence-electron chi connectivity index (χ0n) is 19.9. The maximum absolute atomic E-state index is 13.0. The number of amides is 1. The molecule has 2 heterocycles. The highest BCUT2D eigenvalue weighted by Crippen LogP contribution is 2.40. The van der Waals surface area contributed by atoms with Crippen molar-refractivity contribution in [3.8, 4) is 0 Å². The van der Waals surface area contributed by atoms with Crippen LogP contribution in [-0.4, -0.2) is 38.1 Å². The summed E-state index contributed by atoms with van der Waals surface area (Å²) in [5.41, 5.74) is 6.44. The number of nitrogens with zero attached hydrogens (tertiary/aromatic N) is 3. The number of aryl methyl sites for hydroxylation is 1. The first-order valence-electron chi connectivity index (χ1n) is 12.6. The molecule has 34 heavy (non-hydrogen) atoms. The van der Waals surface area contributed by atoms with Gasteiger partial charge in [-0.25, -0.2) is 0 Å². The highest BCUT2D eigenvalue weighted by molar-refractivity contribution is 5.94. The molecule has 0 unspecified atom stereocenters. The van der Waals surface area contributed by atoms with Gasteiger partial charge in [-0.2, -0.15) is 5.10 Å². The van der Waals surface area contributed by atoms with Crippen LogP contribution in [0.15, 0.2) is 48.8 Å². The van der Waals surface area contributed by atoms with Crippen LogP contribution in [0.4, 0.5) is 0 Å². The van der Waals surface area contributed by atoms with Gasteiger partial charge in [0, 0.05) is 30.7 Å². The minimum Gasteiger partial charge on any atom is -0.388 e. The van der Waals surface area contributed by atoms with Crippen LogP contribution in [0.1, 0.15) is 76.6 Å². The van der Waals surface area contributed by atoms with Crippen molar-refractivity contribution in [2.45, 2.75) is 64.0 Å². The Morgan fingerprint density at radius 3 is 2.79 bits per heavy atom. The Hall–Kier alpha value is -2.99. The van der Waals surface area contributed by atoms with Crippen LogP contribution in [-0.2, 0) is 25.8 Å². The van der Waals surface area contributed by atoms with E-state index in [1.165, 1.54) is 29.7 Å². The molecule has 3 atom stereocenters. The number of carbonyl (C=O) groups is 1. The third-order valence-corrected chi connectivity index (χ3v) is 7.66. The van der Waals surface area contributed by atoms with Gasteiger partial charge in [0.2, 0.25) is 0 Å². The second-order valence-electron chi connectivity index (χ2n) is 10.1. The number of H-pyrrole nitrogens is 1. The fourth-order valence-corrected chi connectivity index (χ4v) is 5.72. The van der Waals surface area contributed by atoms with Crippen LogP contribution in [0, 0.1) is 11.8 Å². The summed E-state index contributed by atoms with van der Waals surface area (Å²) in [6, 6.07) is 11.9. The van der Waals surface area contributed by atoms with Gasteiger partial charge in [-0.3, -0.25) is 14.9 Å². The van der Waals surface area contributed by atoms with E-state index < -0.39 is 6.10 Å². The van der Waals surface area contributed by atoms with Gasteiger partial charge in [0.05, 0.1) is 18.3 Å². The summed E-state index contributed by atoms with van der Waals surface area (Å²) >= 11 is 0. The molecule has 0 spiro atoms. The summed E-state index contributed by atoms with van der Waals surface area (Å²) in [6.45, 7) is 0.537. The molecule has 5 rings (SSSR count). The third-order valence-electron chi connectivity index (χ3n) is 7.66. The van der Waals surface area contributed by atoms with Crippen molar-refractivity contribution in [3.05, 3.63) is 82.4 Å². The molecule has 3 aromatic rings. The Balaban J connectivity index is 1.15. The van der Waals surface area contributed by atoms with Gasteiger partial charge in [-0.15, -0.1) is 0 Å². The maximum Gasteiger partial charge on any atom is 0.253 e. The Labute approximate surface area is 201 Å². The molecule has 1 amide bonds. The van der Waals surface area contributed by atoms with Crippen LogP contribution in [0.5, 0.6) is 0 Å². The van der Waals surface area contributed by atoms with E-state index >= 15 is 0 Å². The first-order valence-corrected chi connectivity index (χ1v) is 12.6. The molecule has 2 aromatic heterocycles. The first-order chi connectivity index (χ1) is 16.6. The van der Waals surface area contributed by atoms with E-state index in [2.05, 4.69) is 27.3 Å². The normalized spacial score (nSPS) is 20.6. The van der Waals surface area contributed by atoms with Crippen LogP contribution in [0.25, 0.3) is 0 Å². The first kappa shape index (κ1) is 22.8. The summed E-state index contributed by atoms with van der Waals surface area (Å²) in [7, 11) is 1.85. The lowest BCUT2D eigenvalue weighted by atomic mass is 9.92. The number of aliphatic hydroxyl groups excluding tert-OH is 1. The molecule has 2 aliphatic carbocycles. The Bertz CT molecular complexity index is 1110. The molecule has 178 valence electrons. The molecular formula is C28H34N4O2. The number of aliphatic hydroxyl groups is 1. The van der Waals surface area contributed by atoms with Crippen molar-refractivity contribution >= 4 is 5.91 Å². The van der Waals surface area contributed by atoms with Crippen LogP contribution in [0.3, 0.4) is 0 Å². The zero-order valence-corrected chi connectivity index (χ0v) is 19.9. The molecule has 2 aliphatic rings. The Morgan fingerprint density at radius 2 is 2.00 bits per heavy atom. The van der Waals surface area contributed by atoms with E-state index in [9.17, 15) is 9.90 Å². The van der Waals surface area contributed by atoms with E-state index in [1.54, 1.807) is 17.3 Å². The van der Waals surface area contributed by atoms with Gasteiger partial charge in [-0.05, 0) is 98.1 Å². The van der Waals surface area contributed by atoms with Crippen molar-refractivity contribution in [1.82, 2.24) is 20.1 Å². The molecule has 6 nitrogen and oxygen atoms in total. The number of fused-ring (bicyclic) bond motifs is 1. The molecular weight excluding hydrogens is 424 g/mol. The number of nitrogens with one attached hydrogen (secondary N) is 1. The predicted molar refractivity (Wildman–Crippen MR) is 131 cm³/mol. The van der Waals surface area contributed by atoms with Gasteiger partial charge < -0.3 is 10.0 Å². The number of rotatable bonds is 7. The van der Waals surface area contributed by atoms with Gasteiger partial charge >= 0.3 is 0 Å². The zero-order chi connectivity index (χ0) is 23.5. The van der Waals surface area contributed by atoms with Crippen LogP contribution in [0.2, 0.25) is 0 Å². The van der Waals surface area contributed by atoms with E-state index in [4.69, 9.17) is 0 Å². The number of aromatic nitrogens is 3. The van der Waals surface area contributed by atoms with Gasteiger partial charge in [0.15, 0.2) is 0 Å². The van der Waals surface area contributed by atoms with Gasteiger partial charge in [0.1, 0.15) is 0 Å². The lowest BCUT2D eigenvalue weighted by molar-refractivity contribution is 0.0783. The fourth-order valence-electron chi connectivity index (χ4n) is 5.72. The molecule has 0 radical (unpaired) electrons. The largest absolute Gasteiger partial charge is 0.388 e. The second-order valence-corrected chi connectivity index (χ2v) is 10.1. The number of hydrogen-bond acceptors (Lipinski definition) is 4. The summed E-state index contributed by atoms with van der Waals surface area (Å²) in [6.07, 6.45) is 11.8. The summed E-state index contributed by atoms with van der Waals surface area (Å²) in [4.78, 5) is 18.9. The van der Waals surface area contributed by atoms with E-state index in [0.717, 1.165) is 49.8 Å². The maximum atomic E-state index is 13.0. The molecule has 1 saturated carbocycles. The van der Waals surface area contributed by atoms with E-state index in [0.29, 0.717) is 18.0 Å². The van der Waals surface area contributed by atoms with Crippen molar-refractivity contribution in [2.24, 2.45) is 11.8 Å². The smallest absolute Gasteiger partial charge is 0.253 e. The van der Waals surface area contributed by atoms with Crippen molar-refractivity contribution < 1.29 is 9.90 Å². The van der Waals surface area contributed by atoms with Gasteiger partial charge in [0.25, 0.3) is 5.91 Å². The molecule has 1 aromatic carbocycles. The number of aromatic amines is 1. The number of pyridine rings is 1. The summed E-state index contributed by atoms with van der Waals surface area (Å²) in [5, 5.41) is 18.4. The lowest BCUT2D eigenvalue weighted by Crippen LogP contribution is -2.27. The molecule has 1 fully saturated rings. The summed E-state index contributed by atoms with van der Waals surface area (Å²) < 4.78 is 0. The number of hydrogen-bond donors (Lipinski definition) is 2. The van der Waals surface area contributed by atoms with Crippen molar-refractivity contribution in [1.29, 1.82) is 0 Å². The Morgan fingerprint density at radius 1 is 1.18 bits per heavy atom. The molecule has 2 N–H and O–H groups in total.